The maximum Gasteiger partial charge on any atom is 0.303 e. The number of rotatable bonds is 6. The molecule has 1 aliphatic rings. The van der Waals surface area contributed by atoms with Gasteiger partial charge in [0.1, 0.15) is 6.10 Å². The van der Waals surface area contributed by atoms with Crippen LogP contribution in [-0.2, 0) is 18.8 Å². The highest BCUT2D eigenvalue weighted by molar-refractivity contribution is 6.74. The van der Waals surface area contributed by atoms with E-state index in [1.165, 1.54) is 11.9 Å². The van der Waals surface area contributed by atoms with Crippen molar-refractivity contribution in [1.29, 1.82) is 0 Å². The van der Waals surface area contributed by atoms with Crippen LogP contribution in [0, 0.1) is 0 Å². The smallest absolute Gasteiger partial charge is 0.303 e. The van der Waals surface area contributed by atoms with Gasteiger partial charge >= 0.3 is 5.97 Å². The summed E-state index contributed by atoms with van der Waals surface area (Å²) in [6, 6.07) is 9.40. The van der Waals surface area contributed by atoms with E-state index in [9.17, 15) is 9.59 Å². The van der Waals surface area contributed by atoms with Crippen LogP contribution in [0.1, 0.15) is 45.7 Å². The molecule has 28 heavy (non-hydrogen) atoms. The predicted molar refractivity (Wildman–Crippen MR) is 111 cm³/mol. The number of benzene rings is 1. The van der Waals surface area contributed by atoms with Crippen molar-refractivity contribution in [2.24, 2.45) is 10.8 Å². The van der Waals surface area contributed by atoms with Gasteiger partial charge in [0.2, 0.25) is 0 Å². The van der Waals surface area contributed by atoms with Gasteiger partial charge in [-0.1, -0.05) is 51.1 Å². The molecule has 0 unspecified atom stereocenters. The monoisotopic (exact) mass is 405 g/mol. The molecule has 0 aliphatic carbocycles. The molecule has 8 heteroatoms. The Labute approximate surface area is 168 Å². The molecular weight excluding hydrogens is 374 g/mol. The Morgan fingerprint density at radius 2 is 1.89 bits per heavy atom. The fourth-order valence-corrected chi connectivity index (χ4v) is 4.01. The van der Waals surface area contributed by atoms with E-state index in [0.29, 0.717) is 6.42 Å². The van der Waals surface area contributed by atoms with Crippen molar-refractivity contribution in [1.82, 2.24) is 5.01 Å². The van der Waals surface area contributed by atoms with Gasteiger partial charge in [0.05, 0.1) is 6.04 Å². The highest BCUT2D eigenvalue weighted by atomic mass is 28.4. The van der Waals surface area contributed by atoms with Crippen LogP contribution in [0.3, 0.4) is 0 Å². The minimum Gasteiger partial charge on any atom is -0.458 e. The summed E-state index contributed by atoms with van der Waals surface area (Å²) < 4.78 is 11.3. The van der Waals surface area contributed by atoms with Gasteiger partial charge in [-0.3, -0.25) is 9.59 Å². The van der Waals surface area contributed by atoms with Crippen molar-refractivity contribution in [3.8, 4) is 0 Å². The van der Waals surface area contributed by atoms with Gasteiger partial charge in [-0.05, 0) is 23.7 Å². The van der Waals surface area contributed by atoms with Crippen LogP contribution in [-0.4, -0.2) is 43.7 Å². The molecule has 1 aliphatic heterocycles. The minimum absolute atomic E-state index is 0.0133. The second-order valence-corrected chi connectivity index (χ2v) is 13.3. The molecule has 0 aromatic heterocycles. The highest BCUT2D eigenvalue weighted by Gasteiger charge is 2.47. The number of hydrogen-bond donors (Lipinski definition) is 1. The number of amidine groups is 1. The number of ether oxygens (including phenoxy) is 1. The van der Waals surface area contributed by atoms with Crippen LogP contribution in [0.25, 0.3) is 0 Å². The molecule has 0 bridgehead atoms. The van der Waals surface area contributed by atoms with Crippen molar-refractivity contribution in [2.45, 2.75) is 64.4 Å². The van der Waals surface area contributed by atoms with E-state index >= 15 is 0 Å². The molecule has 154 valence electrons. The van der Waals surface area contributed by atoms with Crippen LogP contribution < -0.4 is 5.73 Å². The van der Waals surface area contributed by atoms with Crippen molar-refractivity contribution in [2.75, 3.05) is 6.61 Å². The van der Waals surface area contributed by atoms with E-state index in [1.54, 1.807) is 0 Å². The van der Waals surface area contributed by atoms with Crippen molar-refractivity contribution in [3.63, 3.8) is 0 Å². The van der Waals surface area contributed by atoms with Crippen molar-refractivity contribution in [3.05, 3.63) is 35.9 Å². The van der Waals surface area contributed by atoms with Crippen LogP contribution >= 0.6 is 0 Å². The Balaban J connectivity index is 2.30. The summed E-state index contributed by atoms with van der Waals surface area (Å²) in [5.41, 5.74) is 6.85. The summed E-state index contributed by atoms with van der Waals surface area (Å²) >= 11 is 0. The zero-order chi connectivity index (χ0) is 21.1. The first-order valence-corrected chi connectivity index (χ1v) is 12.4. The molecule has 1 aromatic carbocycles. The molecule has 0 spiro atoms. The summed E-state index contributed by atoms with van der Waals surface area (Å²) in [5.74, 6) is -0.605. The Morgan fingerprint density at radius 1 is 1.29 bits per heavy atom. The van der Waals surface area contributed by atoms with E-state index < -0.39 is 20.4 Å². The number of nitrogens with zero attached hydrogens (tertiary/aromatic N) is 2. The van der Waals surface area contributed by atoms with Crippen LogP contribution in [0.5, 0.6) is 0 Å². The first-order chi connectivity index (χ1) is 12.9. The third-order valence-electron chi connectivity index (χ3n) is 5.32. The summed E-state index contributed by atoms with van der Waals surface area (Å²) in [6.07, 6.45) is -0.0731. The molecule has 1 amide bonds. The molecule has 0 radical (unpaired) electrons. The van der Waals surface area contributed by atoms with Crippen LogP contribution in [0.2, 0.25) is 18.1 Å². The quantitative estimate of drug-likeness (QED) is 0.339. The van der Waals surface area contributed by atoms with E-state index in [-0.39, 0.29) is 29.4 Å². The lowest BCUT2D eigenvalue weighted by atomic mass is 10.0. The van der Waals surface area contributed by atoms with Crippen LogP contribution in [0.15, 0.2) is 35.4 Å². The molecule has 2 atom stereocenters. The van der Waals surface area contributed by atoms with Crippen molar-refractivity contribution >= 4 is 26.0 Å². The largest absolute Gasteiger partial charge is 0.458 e. The fraction of sp³-hybridized carbons (Fsp3) is 0.550. The van der Waals surface area contributed by atoms with Gasteiger partial charge in [-0.15, -0.1) is 0 Å². The first-order valence-electron chi connectivity index (χ1n) is 9.44. The van der Waals surface area contributed by atoms with Crippen LogP contribution in [0.4, 0.5) is 0 Å². The lowest BCUT2D eigenvalue weighted by Crippen LogP contribution is -2.45. The Kier molecular flexibility index (Phi) is 6.66. The summed E-state index contributed by atoms with van der Waals surface area (Å²) in [4.78, 5) is 24.1. The molecule has 2 N–H and O–H groups in total. The molecule has 1 saturated heterocycles. The fourth-order valence-electron chi connectivity index (χ4n) is 2.75. The molecule has 1 heterocycles. The standard InChI is InChI=1S/C20H31N3O4Si/c1-14(24)26-13-18(21)22-23-16(15-10-8-7-9-11-15)12-17(19(23)25)27-28(5,6)20(2,3)4/h7-11,16-17H,12-13H2,1-6H3,(H2,21,22)/t16-,17-/m0/s1. The normalized spacial score (nSPS) is 21.1. The molecular formula is C20H31N3O4Si. The third kappa shape index (κ3) is 5.20. The summed E-state index contributed by atoms with van der Waals surface area (Å²) in [5, 5.41) is 5.63. The summed E-state index contributed by atoms with van der Waals surface area (Å²) in [6.45, 7) is 11.8. The molecule has 1 fully saturated rings. The Bertz CT molecular complexity index is 744. The first kappa shape index (κ1) is 22.1. The average Bonchev–Trinajstić information content (AvgIpc) is 2.89. The van der Waals surface area contributed by atoms with Gasteiger partial charge < -0.3 is 14.9 Å². The van der Waals surface area contributed by atoms with E-state index in [0.717, 1.165) is 5.56 Å². The second-order valence-electron chi connectivity index (χ2n) is 8.58. The number of amides is 1. The average molecular weight is 406 g/mol. The van der Waals surface area contributed by atoms with Gasteiger partial charge in [-0.25, -0.2) is 5.01 Å². The van der Waals surface area contributed by atoms with E-state index in [1.807, 2.05) is 30.3 Å². The number of carbonyl (C=O) groups is 2. The summed E-state index contributed by atoms with van der Waals surface area (Å²) in [7, 11) is -2.14. The highest BCUT2D eigenvalue weighted by Crippen LogP contribution is 2.41. The number of carbonyl (C=O) groups excluding carboxylic acids is 2. The van der Waals surface area contributed by atoms with Gasteiger partial charge in [0.15, 0.2) is 20.8 Å². The maximum absolute atomic E-state index is 13.1. The van der Waals surface area contributed by atoms with Crippen molar-refractivity contribution < 1.29 is 18.8 Å². The minimum atomic E-state index is -2.14. The predicted octanol–water partition coefficient (Wildman–Crippen LogP) is 3.19. The number of nitrogens with two attached hydrogens (primary N) is 1. The Hall–Kier alpha value is -2.19. The van der Waals surface area contributed by atoms with Gasteiger partial charge in [-0.2, -0.15) is 5.10 Å². The number of esters is 1. The molecule has 0 saturated carbocycles. The zero-order valence-electron chi connectivity index (χ0n) is 17.6. The lowest BCUT2D eigenvalue weighted by Gasteiger charge is -2.37. The topological polar surface area (TPSA) is 94.2 Å². The molecule has 1 aromatic rings. The Morgan fingerprint density at radius 3 is 2.43 bits per heavy atom. The second kappa shape index (κ2) is 8.44. The van der Waals surface area contributed by atoms with Gasteiger partial charge in [0.25, 0.3) is 5.91 Å². The maximum atomic E-state index is 13.1. The van der Waals surface area contributed by atoms with E-state index in [4.69, 9.17) is 14.9 Å². The lowest BCUT2D eigenvalue weighted by molar-refractivity contribution is -0.139. The molecule has 2 rings (SSSR count). The van der Waals surface area contributed by atoms with E-state index in [2.05, 4.69) is 39.0 Å². The number of hydrazone groups is 1. The zero-order valence-corrected chi connectivity index (χ0v) is 18.6. The third-order valence-corrected chi connectivity index (χ3v) is 9.81. The van der Waals surface area contributed by atoms with Gasteiger partial charge in [0, 0.05) is 13.3 Å². The molecule has 7 nitrogen and oxygen atoms in total. The number of hydrogen-bond acceptors (Lipinski definition) is 5. The SMILES string of the molecule is CC(=O)OCC(N)=NN1C(=O)[C@@H](O[Si](C)(C)C(C)(C)C)C[C@H]1c1ccccc1.